The molecule has 0 aromatic rings. The fourth-order valence-electron chi connectivity index (χ4n) is 1.06. The molecule has 0 heterocycles. The van der Waals surface area contributed by atoms with E-state index in [1.807, 2.05) is 0 Å². The summed E-state index contributed by atoms with van der Waals surface area (Å²) in [5.74, 6) is 0. The van der Waals surface area contributed by atoms with Gasteiger partial charge in [0.1, 0.15) is 0 Å². The van der Waals surface area contributed by atoms with E-state index in [2.05, 4.69) is 32.6 Å². The quantitative estimate of drug-likeness (QED) is 0.692. The molecule has 0 saturated heterocycles. The first-order chi connectivity index (χ1) is 5.85. The Morgan fingerprint density at radius 1 is 1.38 bits per heavy atom. The van der Waals surface area contributed by atoms with Gasteiger partial charge in [-0.3, -0.25) is 4.90 Å². The number of rotatable bonds is 5. The highest BCUT2D eigenvalue weighted by atomic mass is 32.1. The second-order valence-corrected chi connectivity index (χ2v) is 5.17. The molecule has 0 amide bonds. The minimum absolute atomic E-state index is 0.392. The Kier molecular flexibility index (Phi) is 5.49. The number of hydrogen-bond donors (Lipinski definition) is 1. The van der Waals surface area contributed by atoms with E-state index in [1.165, 1.54) is 6.42 Å². The average molecular weight is 202 g/mol. The van der Waals surface area contributed by atoms with Gasteiger partial charge >= 0.3 is 0 Å². The molecular formula is C10H22N2S. The lowest BCUT2D eigenvalue weighted by molar-refractivity contribution is 0.260. The summed E-state index contributed by atoms with van der Waals surface area (Å²) in [6.45, 7) is 11.7. The van der Waals surface area contributed by atoms with Gasteiger partial charge in [-0.1, -0.05) is 39.9 Å². The smallest absolute Gasteiger partial charge is 0.0870 e. The Hall–Kier alpha value is -0.150. The maximum atomic E-state index is 5.50. The minimum Gasteiger partial charge on any atom is -0.392 e. The molecule has 0 atom stereocenters. The summed E-state index contributed by atoms with van der Waals surface area (Å²) in [5, 5.41) is 0. The molecule has 78 valence electrons. The molecule has 0 saturated carbocycles. The third-order valence-electron chi connectivity index (χ3n) is 2.00. The standard InChI is InChI=1S/C10H22N2S/c1-5-12(8-9(11)13)7-6-10(2,3)4/h5-8H2,1-4H3,(H2,11,13). The molecule has 0 radical (unpaired) electrons. The first-order valence-corrected chi connectivity index (χ1v) is 5.26. The molecule has 0 fully saturated rings. The van der Waals surface area contributed by atoms with Crippen LogP contribution in [0, 0.1) is 5.41 Å². The zero-order chi connectivity index (χ0) is 10.5. The number of nitrogens with zero attached hydrogens (tertiary/aromatic N) is 1. The Labute approximate surface area is 87.5 Å². The fourth-order valence-corrected chi connectivity index (χ4v) is 1.25. The van der Waals surface area contributed by atoms with Gasteiger partial charge in [-0.15, -0.1) is 0 Å². The van der Waals surface area contributed by atoms with Crippen molar-refractivity contribution in [1.29, 1.82) is 0 Å². The average Bonchev–Trinajstić information content (AvgIpc) is 1.95. The lowest BCUT2D eigenvalue weighted by Crippen LogP contribution is -2.34. The fraction of sp³-hybridized carbons (Fsp3) is 0.900. The largest absolute Gasteiger partial charge is 0.392 e. The summed E-state index contributed by atoms with van der Waals surface area (Å²) in [7, 11) is 0. The van der Waals surface area contributed by atoms with Gasteiger partial charge in [0, 0.05) is 6.54 Å². The van der Waals surface area contributed by atoms with Crippen molar-refractivity contribution in [3.8, 4) is 0 Å². The Bertz CT molecular complexity index is 161. The van der Waals surface area contributed by atoms with Gasteiger partial charge < -0.3 is 5.73 Å². The van der Waals surface area contributed by atoms with Crippen molar-refractivity contribution in [1.82, 2.24) is 4.90 Å². The topological polar surface area (TPSA) is 29.3 Å². The van der Waals surface area contributed by atoms with E-state index in [0.717, 1.165) is 19.6 Å². The van der Waals surface area contributed by atoms with Crippen LogP contribution in [-0.2, 0) is 0 Å². The molecule has 3 heteroatoms. The summed E-state index contributed by atoms with van der Waals surface area (Å²) in [4.78, 5) is 2.88. The van der Waals surface area contributed by atoms with Crippen LogP contribution >= 0.6 is 12.2 Å². The van der Waals surface area contributed by atoms with Gasteiger partial charge in [0.2, 0.25) is 0 Å². The zero-order valence-electron chi connectivity index (χ0n) is 9.26. The summed E-state index contributed by atoms with van der Waals surface area (Å²) < 4.78 is 0. The van der Waals surface area contributed by atoms with Crippen molar-refractivity contribution in [3.05, 3.63) is 0 Å². The van der Waals surface area contributed by atoms with Crippen molar-refractivity contribution < 1.29 is 0 Å². The minimum atomic E-state index is 0.392. The van der Waals surface area contributed by atoms with Crippen LogP contribution in [0.15, 0.2) is 0 Å². The second-order valence-electron chi connectivity index (χ2n) is 4.65. The normalized spacial score (nSPS) is 12.1. The van der Waals surface area contributed by atoms with E-state index in [4.69, 9.17) is 18.0 Å². The van der Waals surface area contributed by atoms with Gasteiger partial charge in [-0.2, -0.15) is 0 Å². The molecule has 0 rings (SSSR count). The maximum absolute atomic E-state index is 5.50. The van der Waals surface area contributed by atoms with E-state index < -0.39 is 0 Å². The molecule has 0 aromatic heterocycles. The molecule has 13 heavy (non-hydrogen) atoms. The molecule has 0 unspecified atom stereocenters. The lowest BCUT2D eigenvalue weighted by Gasteiger charge is -2.25. The Morgan fingerprint density at radius 2 is 1.92 bits per heavy atom. The molecule has 0 bridgehead atoms. The third-order valence-corrected chi connectivity index (χ3v) is 2.13. The van der Waals surface area contributed by atoms with E-state index in [1.54, 1.807) is 0 Å². The summed E-state index contributed by atoms with van der Waals surface area (Å²) in [6.07, 6.45) is 1.18. The van der Waals surface area contributed by atoms with Crippen LogP contribution in [0.4, 0.5) is 0 Å². The number of likely N-dealkylation sites (N-methyl/N-ethyl adjacent to an activating group) is 1. The monoisotopic (exact) mass is 202 g/mol. The van der Waals surface area contributed by atoms with Crippen molar-refractivity contribution in [2.75, 3.05) is 19.6 Å². The summed E-state index contributed by atoms with van der Waals surface area (Å²) >= 11 is 4.88. The number of hydrogen-bond acceptors (Lipinski definition) is 2. The van der Waals surface area contributed by atoms with Crippen molar-refractivity contribution in [2.45, 2.75) is 34.1 Å². The lowest BCUT2D eigenvalue weighted by atomic mass is 9.92. The van der Waals surface area contributed by atoms with E-state index in [9.17, 15) is 0 Å². The molecular weight excluding hydrogens is 180 g/mol. The Balaban J connectivity index is 3.79. The van der Waals surface area contributed by atoms with Crippen LogP contribution in [0.2, 0.25) is 0 Å². The highest BCUT2D eigenvalue weighted by Crippen LogP contribution is 2.18. The van der Waals surface area contributed by atoms with E-state index in [0.29, 0.717) is 10.4 Å². The van der Waals surface area contributed by atoms with Crippen LogP contribution in [-0.4, -0.2) is 29.5 Å². The predicted molar refractivity (Wildman–Crippen MR) is 63.0 cm³/mol. The molecule has 0 aliphatic heterocycles. The molecule has 0 aliphatic rings. The number of thiocarbonyl (C=S) groups is 1. The van der Waals surface area contributed by atoms with Gasteiger partial charge in [0.15, 0.2) is 0 Å². The van der Waals surface area contributed by atoms with Crippen LogP contribution < -0.4 is 5.73 Å². The van der Waals surface area contributed by atoms with Crippen molar-refractivity contribution >= 4 is 17.2 Å². The number of nitrogens with two attached hydrogens (primary N) is 1. The van der Waals surface area contributed by atoms with Gasteiger partial charge in [0.25, 0.3) is 0 Å². The SMILES string of the molecule is CCN(CCC(C)(C)C)CC(N)=S. The van der Waals surface area contributed by atoms with Crippen LogP contribution in [0.25, 0.3) is 0 Å². The first-order valence-electron chi connectivity index (χ1n) is 4.86. The molecule has 0 aliphatic carbocycles. The van der Waals surface area contributed by atoms with Gasteiger partial charge in [0.05, 0.1) is 4.99 Å². The maximum Gasteiger partial charge on any atom is 0.0870 e. The first kappa shape index (κ1) is 12.8. The van der Waals surface area contributed by atoms with Crippen molar-refractivity contribution in [3.63, 3.8) is 0 Å². The predicted octanol–water partition coefficient (Wildman–Crippen LogP) is 2.03. The third kappa shape index (κ3) is 8.19. The summed E-state index contributed by atoms with van der Waals surface area (Å²) in [6, 6.07) is 0. The summed E-state index contributed by atoms with van der Waals surface area (Å²) in [5.41, 5.74) is 5.89. The van der Waals surface area contributed by atoms with Crippen LogP contribution in [0.5, 0.6) is 0 Å². The van der Waals surface area contributed by atoms with E-state index in [-0.39, 0.29) is 0 Å². The molecule has 0 spiro atoms. The molecule has 2 nitrogen and oxygen atoms in total. The highest BCUT2D eigenvalue weighted by Gasteiger charge is 2.12. The zero-order valence-corrected chi connectivity index (χ0v) is 10.1. The molecule has 2 N–H and O–H groups in total. The Morgan fingerprint density at radius 3 is 2.23 bits per heavy atom. The van der Waals surface area contributed by atoms with Gasteiger partial charge in [-0.25, -0.2) is 0 Å². The second kappa shape index (κ2) is 5.55. The highest BCUT2D eigenvalue weighted by molar-refractivity contribution is 7.80. The molecule has 0 aromatic carbocycles. The van der Waals surface area contributed by atoms with E-state index >= 15 is 0 Å². The van der Waals surface area contributed by atoms with Gasteiger partial charge in [-0.05, 0) is 24.9 Å². The van der Waals surface area contributed by atoms with Crippen molar-refractivity contribution in [2.24, 2.45) is 11.1 Å². The van der Waals surface area contributed by atoms with Crippen LogP contribution in [0.1, 0.15) is 34.1 Å². The van der Waals surface area contributed by atoms with Crippen LogP contribution in [0.3, 0.4) is 0 Å².